The molecule has 1 N–H and O–H groups in total. The van der Waals surface area contributed by atoms with Gasteiger partial charge in [0.05, 0.1) is 6.04 Å². The quantitative estimate of drug-likeness (QED) is 0.801. The van der Waals surface area contributed by atoms with Crippen LogP contribution in [0.5, 0.6) is 0 Å². The lowest BCUT2D eigenvalue weighted by atomic mass is 9.83. The molecule has 0 aromatic carbocycles. The summed E-state index contributed by atoms with van der Waals surface area (Å²) in [5, 5.41) is 3.59. The number of hydrogen-bond acceptors (Lipinski definition) is 3. The molecule has 18 heavy (non-hydrogen) atoms. The van der Waals surface area contributed by atoms with Crippen LogP contribution in [0.3, 0.4) is 0 Å². The monoisotopic (exact) mass is 251 g/mol. The fourth-order valence-electron chi connectivity index (χ4n) is 3.76. The van der Waals surface area contributed by atoms with Crippen molar-refractivity contribution in [1.29, 1.82) is 0 Å². The van der Waals surface area contributed by atoms with E-state index >= 15 is 0 Å². The van der Waals surface area contributed by atoms with E-state index in [0.717, 1.165) is 25.6 Å². The maximum atomic E-state index is 12.3. The first kappa shape index (κ1) is 12.4. The smallest absolute Gasteiger partial charge is 0.239 e. The highest BCUT2D eigenvalue weighted by Crippen LogP contribution is 2.27. The van der Waals surface area contributed by atoms with Crippen LogP contribution in [-0.4, -0.2) is 60.5 Å². The van der Waals surface area contributed by atoms with E-state index < -0.39 is 0 Å². The van der Waals surface area contributed by atoms with Crippen molar-refractivity contribution in [3.05, 3.63) is 0 Å². The molecule has 0 saturated carbocycles. The molecule has 102 valence electrons. The molecule has 2 unspecified atom stereocenters. The molecule has 4 nitrogen and oxygen atoms in total. The van der Waals surface area contributed by atoms with E-state index in [-0.39, 0.29) is 6.04 Å². The lowest BCUT2D eigenvalue weighted by Crippen LogP contribution is -2.59. The number of carbonyl (C=O) groups is 1. The molecule has 4 aliphatic heterocycles. The van der Waals surface area contributed by atoms with Crippen LogP contribution in [0.25, 0.3) is 0 Å². The summed E-state index contributed by atoms with van der Waals surface area (Å²) in [6, 6.07) is 0.530. The highest BCUT2D eigenvalue weighted by molar-refractivity contribution is 5.81. The Hall–Kier alpha value is -0.610. The Morgan fingerprint density at radius 1 is 1.17 bits per heavy atom. The van der Waals surface area contributed by atoms with Crippen LogP contribution in [0.2, 0.25) is 0 Å². The molecule has 0 radical (unpaired) electrons. The van der Waals surface area contributed by atoms with Crippen LogP contribution >= 0.6 is 0 Å². The van der Waals surface area contributed by atoms with Gasteiger partial charge in [-0.2, -0.15) is 0 Å². The average Bonchev–Trinajstić information content (AvgIpc) is 2.93. The van der Waals surface area contributed by atoms with E-state index in [9.17, 15) is 4.79 Å². The molecule has 0 aliphatic carbocycles. The number of carbonyl (C=O) groups excluding carboxylic acids is 1. The third-order valence-corrected chi connectivity index (χ3v) is 4.91. The molecular formula is C14H25N3O. The SMILES string of the molecule is CC(NC1CN2CCC1CC2)C(=O)N1CCCC1. The van der Waals surface area contributed by atoms with Crippen molar-refractivity contribution in [2.75, 3.05) is 32.7 Å². The molecule has 2 bridgehead atoms. The number of amides is 1. The highest BCUT2D eigenvalue weighted by atomic mass is 16.2. The summed E-state index contributed by atoms with van der Waals surface area (Å²) in [5.41, 5.74) is 0. The van der Waals surface area contributed by atoms with Gasteiger partial charge in [-0.15, -0.1) is 0 Å². The summed E-state index contributed by atoms with van der Waals surface area (Å²) in [6.45, 7) is 7.63. The van der Waals surface area contributed by atoms with Crippen LogP contribution in [0.4, 0.5) is 0 Å². The Balaban J connectivity index is 1.54. The van der Waals surface area contributed by atoms with Crippen LogP contribution in [0.1, 0.15) is 32.6 Å². The molecule has 4 fully saturated rings. The summed E-state index contributed by atoms with van der Waals surface area (Å²) in [5.74, 6) is 1.10. The second-order valence-electron chi connectivity index (χ2n) is 6.17. The minimum atomic E-state index is -0.00588. The van der Waals surface area contributed by atoms with E-state index in [4.69, 9.17) is 0 Å². The largest absolute Gasteiger partial charge is 0.341 e. The van der Waals surface area contributed by atoms with Gasteiger partial charge in [-0.3, -0.25) is 4.79 Å². The van der Waals surface area contributed by atoms with Gasteiger partial charge in [0, 0.05) is 25.7 Å². The second kappa shape index (κ2) is 5.17. The maximum Gasteiger partial charge on any atom is 0.239 e. The molecule has 4 heteroatoms. The molecule has 1 amide bonds. The molecular weight excluding hydrogens is 226 g/mol. The van der Waals surface area contributed by atoms with Gasteiger partial charge in [-0.05, 0) is 51.6 Å². The first-order valence-corrected chi connectivity index (χ1v) is 7.51. The predicted molar refractivity (Wildman–Crippen MR) is 71.4 cm³/mol. The normalized spacial score (nSPS) is 36.9. The Bertz CT molecular complexity index is 306. The molecule has 2 atom stereocenters. The minimum absolute atomic E-state index is 0.00588. The van der Waals surface area contributed by atoms with Gasteiger partial charge >= 0.3 is 0 Å². The van der Waals surface area contributed by atoms with E-state index in [0.29, 0.717) is 11.9 Å². The van der Waals surface area contributed by atoms with Crippen LogP contribution in [0.15, 0.2) is 0 Å². The number of fused-ring (bicyclic) bond motifs is 3. The van der Waals surface area contributed by atoms with Gasteiger partial charge < -0.3 is 15.1 Å². The standard InChI is InChI=1S/C14H25N3O/c1-11(14(18)17-6-2-3-7-17)15-13-10-16-8-4-12(13)5-9-16/h11-13,15H,2-10H2,1H3. The summed E-state index contributed by atoms with van der Waals surface area (Å²) in [4.78, 5) is 16.8. The first-order valence-electron chi connectivity index (χ1n) is 7.51. The number of nitrogens with zero attached hydrogens (tertiary/aromatic N) is 2. The molecule has 0 aromatic heterocycles. The molecule has 4 rings (SSSR count). The molecule has 0 spiro atoms. The van der Waals surface area contributed by atoms with Gasteiger partial charge in [0.2, 0.25) is 5.91 Å². The summed E-state index contributed by atoms with van der Waals surface area (Å²) >= 11 is 0. The van der Waals surface area contributed by atoms with Crippen molar-refractivity contribution in [2.45, 2.75) is 44.7 Å². The van der Waals surface area contributed by atoms with Gasteiger partial charge in [-0.1, -0.05) is 0 Å². The van der Waals surface area contributed by atoms with Crippen LogP contribution in [-0.2, 0) is 4.79 Å². The number of rotatable bonds is 3. The zero-order valence-electron chi connectivity index (χ0n) is 11.4. The van der Waals surface area contributed by atoms with E-state index in [1.165, 1.54) is 38.8 Å². The topological polar surface area (TPSA) is 35.6 Å². The van der Waals surface area contributed by atoms with E-state index in [1.54, 1.807) is 0 Å². The fraction of sp³-hybridized carbons (Fsp3) is 0.929. The molecule has 0 aromatic rings. The Labute approximate surface area is 110 Å². The van der Waals surface area contributed by atoms with Crippen molar-refractivity contribution < 1.29 is 4.79 Å². The molecule has 4 aliphatic rings. The summed E-state index contributed by atoms with van der Waals surface area (Å²) < 4.78 is 0. The number of nitrogens with one attached hydrogen (secondary N) is 1. The zero-order valence-corrected chi connectivity index (χ0v) is 11.4. The number of piperidine rings is 3. The number of likely N-dealkylation sites (tertiary alicyclic amines) is 1. The van der Waals surface area contributed by atoms with Gasteiger partial charge in [-0.25, -0.2) is 0 Å². The van der Waals surface area contributed by atoms with Crippen LogP contribution < -0.4 is 5.32 Å². The number of hydrogen-bond donors (Lipinski definition) is 1. The van der Waals surface area contributed by atoms with E-state index in [1.807, 2.05) is 11.8 Å². The fourth-order valence-corrected chi connectivity index (χ4v) is 3.76. The minimum Gasteiger partial charge on any atom is -0.341 e. The third kappa shape index (κ3) is 2.41. The highest BCUT2D eigenvalue weighted by Gasteiger charge is 2.36. The molecule has 4 saturated heterocycles. The van der Waals surface area contributed by atoms with Gasteiger partial charge in [0.15, 0.2) is 0 Å². The van der Waals surface area contributed by atoms with E-state index in [2.05, 4.69) is 10.2 Å². The predicted octanol–water partition coefficient (Wildman–Crippen LogP) is 0.681. The summed E-state index contributed by atoms with van der Waals surface area (Å²) in [7, 11) is 0. The van der Waals surface area contributed by atoms with Crippen molar-refractivity contribution in [1.82, 2.24) is 15.1 Å². The Morgan fingerprint density at radius 3 is 2.39 bits per heavy atom. The van der Waals surface area contributed by atoms with Crippen LogP contribution in [0, 0.1) is 5.92 Å². The first-order chi connectivity index (χ1) is 8.74. The Kier molecular flexibility index (Phi) is 3.57. The summed E-state index contributed by atoms with van der Waals surface area (Å²) in [6.07, 6.45) is 4.97. The third-order valence-electron chi connectivity index (χ3n) is 4.91. The Morgan fingerprint density at radius 2 is 1.83 bits per heavy atom. The van der Waals surface area contributed by atoms with Crippen molar-refractivity contribution in [2.24, 2.45) is 5.92 Å². The lowest BCUT2D eigenvalue weighted by Gasteiger charge is -2.46. The second-order valence-corrected chi connectivity index (χ2v) is 6.17. The van der Waals surface area contributed by atoms with Crippen molar-refractivity contribution >= 4 is 5.91 Å². The maximum absolute atomic E-state index is 12.3. The average molecular weight is 251 g/mol. The lowest BCUT2D eigenvalue weighted by molar-refractivity contribution is -0.132. The van der Waals surface area contributed by atoms with Gasteiger partial charge in [0.1, 0.15) is 0 Å². The van der Waals surface area contributed by atoms with Gasteiger partial charge in [0.25, 0.3) is 0 Å². The van der Waals surface area contributed by atoms with Crippen molar-refractivity contribution in [3.8, 4) is 0 Å². The molecule has 4 heterocycles. The zero-order chi connectivity index (χ0) is 12.5. The van der Waals surface area contributed by atoms with Crippen molar-refractivity contribution in [3.63, 3.8) is 0 Å².